The number of rotatable bonds is 6. The molecule has 44 heavy (non-hydrogen) atoms. The molecule has 1 aliphatic carbocycles. The number of nitrogens with two attached hydrogens (primary N) is 2. The maximum absolute atomic E-state index is 14.7. The van der Waals surface area contributed by atoms with Crippen molar-refractivity contribution in [1.29, 1.82) is 5.41 Å². The lowest BCUT2D eigenvalue weighted by molar-refractivity contribution is -0.128. The normalized spacial score (nSPS) is 21.6. The van der Waals surface area contributed by atoms with Gasteiger partial charge >= 0.3 is 0 Å². The molecule has 2 atom stereocenters. The van der Waals surface area contributed by atoms with Crippen LogP contribution in [0, 0.1) is 17.0 Å². The molecule has 2 unspecified atom stereocenters. The fourth-order valence-corrected chi connectivity index (χ4v) is 6.94. The van der Waals surface area contributed by atoms with E-state index in [0.717, 1.165) is 56.1 Å². The number of hydrogen-bond acceptors (Lipinski definition) is 7. The molecule has 2 aliphatic heterocycles. The molecule has 1 amide bonds. The third-order valence-electron chi connectivity index (χ3n) is 9.13. The lowest BCUT2D eigenvalue weighted by Gasteiger charge is -2.39. The number of amidine groups is 1. The highest BCUT2D eigenvalue weighted by Crippen LogP contribution is 2.50. The highest BCUT2D eigenvalue weighted by molar-refractivity contribution is 6.38. The minimum absolute atomic E-state index is 0.00125. The predicted molar refractivity (Wildman–Crippen MR) is 161 cm³/mol. The van der Waals surface area contributed by atoms with Crippen LogP contribution in [0.25, 0.3) is 28.0 Å². The van der Waals surface area contributed by atoms with E-state index in [0.29, 0.717) is 28.5 Å². The molecule has 4 aromatic rings. The van der Waals surface area contributed by atoms with Gasteiger partial charge in [-0.1, -0.05) is 6.07 Å². The zero-order valence-corrected chi connectivity index (χ0v) is 24.0. The van der Waals surface area contributed by atoms with Crippen molar-refractivity contribution in [1.82, 2.24) is 24.5 Å². The smallest absolute Gasteiger partial charge is 0.289 e. The quantitative estimate of drug-likeness (QED) is 0.219. The number of carbonyl (C=O) groups is 1. The number of halogens is 2. The lowest BCUT2D eigenvalue weighted by atomic mass is 9.85. The molecule has 226 valence electrons. The number of benzene rings is 1. The molecule has 5 heterocycles. The second-order valence-electron chi connectivity index (χ2n) is 11.6. The van der Waals surface area contributed by atoms with Crippen LogP contribution in [-0.2, 0) is 4.79 Å². The maximum Gasteiger partial charge on any atom is 0.289 e. The van der Waals surface area contributed by atoms with Gasteiger partial charge in [0.05, 0.1) is 24.7 Å². The molecule has 3 aliphatic rings. The van der Waals surface area contributed by atoms with Gasteiger partial charge in [0, 0.05) is 46.5 Å². The summed E-state index contributed by atoms with van der Waals surface area (Å²) in [6, 6.07) is 6.21. The van der Waals surface area contributed by atoms with Crippen molar-refractivity contribution in [2.24, 2.45) is 10.7 Å². The Morgan fingerprint density at radius 2 is 1.80 bits per heavy atom. The fourth-order valence-electron chi connectivity index (χ4n) is 6.94. The first-order valence-electron chi connectivity index (χ1n) is 14.6. The minimum Gasteiger partial charge on any atom is -0.494 e. The largest absolute Gasteiger partial charge is 0.494 e. The number of amides is 1. The van der Waals surface area contributed by atoms with E-state index in [2.05, 4.69) is 15.1 Å². The Morgan fingerprint density at radius 3 is 2.43 bits per heavy atom. The fraction of sp³-hybridized carbons (Fsp3) is 0.355. The minimum atomic E-state index is -1.07. The average Bonchev–Trinajstić information content (AvgIpc) is 3.72. The van der Waals surface area contributed by atoms with Gasteiger partial charge in [0.2, 0.25) is 5.82 Å². The summed E-state index contributed by atoms with van der Waals surface area (Å²) >= 11 is 0. The van der Waals surface area contributed by atoms with Crippen LogP contribution in [0.2, 0.25) is 0 Å². The molecule has 11 nitrogen and oxygen atoms in total. The summed E-state index contributed by atoms with van der Waals surface area (Å²) in [5.74, 6) is -1.78. The molecular formula is C31H31F2N9O2. The van der Waals surface area contributed by atoms with Crippen molar-refractivity contribution >= 4 is 29.5 Å². The van der Waals surface area contributed by atoms with E-state index >= 15 is 0 Å². The molecule has 1 saturated carbocycles. The number of piperidine rings is 1. The van der Waals surface area contributed by atoms with Crippen molar-refractivity contribution < 1.29 is 18.3 Å². The number of aromatic nitrogens is 4. The van der Waals surface area contributed by atoms with Crippen molar-refractivity contribution in [2.45, 2.75) is 62.4 Å². The molecule has 2 bridgehead atoms. The van der Waals surface area contributed by atoms with E-state index in [4.69, 9.17) is 26.6 Å². The summed E-state index contributed by atoms with van der Waals surface area (Å²) in [6.45, 7) is 0. The van der Waals surface area contributed by atoms with Gasteiger partial charge in [-0.05, 0) is 62.6 Å². The van der Waals surface area contributed by atoms with Gasteiger partial charge < -0.3 is 21.1 Å². The Balaban J connectivity index is 1.24. The number of hydrogen-bond donors (Lipinski definition) is 3. The highest BCUT2D eigenvalue weighted by Gasteiger charge is 2.46. The van der Waals surface area contributed by atoms with E-state index in [1.165, 1.54) is 19.2 Å². The van der Waals surface area contributed by atoms with E-state index in [1.54, 1.807) is 29.0 Å². The van der Waals surface area contributed by atoms with Gasteiger partial charge in [0.1, 0.15) is 12.2 Å². The standard InChI is InChI=1S/C31H31F2N9O2/c1-44-23-9-7-20(25(32)26(23)33)22-8-4-16(12-37-22)21-13-39-42-29(36)24(15-2-3-15)27(40-30(21)42)17-10-18-5-6-19(11-17)41(18)31(43)28(35)38-14-34/h4,7-9,12-15,17-19H,2-3,5-6,10-11,36H2,1H3,(H3,34,35,38). The SMILES string of the molecule is COc1ccc(-c2ccc(-c3cnn4c(N)c(C5CC5)c(C5CC6CCC(C5)N6C(=O)C(N)=NC=N)nc34)cn2)c(F)c1F. The highest BCUT2D eigenvalue weighted by atomic mass is 19.2. The van der Waals surface area contributed by atoms with E-state index in [9.17, 15) is 13.6 Å². The second kappa shape index (κ2) is 10.6. The monoisotopic (exact) mass is 599 g/mol. The van der Waals surface area contributed by atoms with E-state index < -0.39 is 11.6 Å². The topological polar surface area (TPSA) is 161 Å². The van der Waals surface area contributed by atoms with Crippen molar-refractivity contribution in [3.63, 3.8) is 0 Å². The Bertz CT molecular complexity index is 1820. The van der Waals surface area contributed by atoms with Crippen molar-refractivity contribution in [2.75, 3.05) is 12.8 Å². The summed E-state index contributed by atoms with van der Waals surface area (Å²) in [4.78, 5) is 28.2. The molecule has 13 heteroatoms. The van der Waals surface area contributed by atoms with Crippen LogP contribution in [0.1, 0.15) is 61.6 Å². The molecule has 1 aromatic carbocycles. The van der Waals surface area contributed by atoms with Gasteiger partial charge in [0.15, 0.2) is 23.0 Å². The molecule has 2 saturated heterocycles. The summed E-state index contributed by atoms with van der Waals surface area (Å²) in [6.07, 6.45) is 9.34. The predicted octanol–water partition coefficient (Wildman–Crippen LogP) is 4.41. The Kier molecular flexibility index (Phi) is 6.74. The number of nitrogens with zero attached hydrogens (tertiary/aromatic N) is 6. The number of nitrogen functional groups attached to an aromatic ring is 1. The summed E-state index contributed by atoms with van der Waals surface area (Å²) in [5.41, 5.74) is 16.9. The van der Waals surface area contributed by atoms with Gasteiger partial charge in [-0.2, -0.15) is 14.0 Å². The first-order chi connectivity index (χ1) is 21.3. The van der Waals surface area contributed by atoms with Crippen LogP contribution in [0.5, 0.6) is 5.75 Å². The second-order valence-corrected chi connectivity index (χ2v) is 11.6. The van der Waals surface area contributed by atoms with E-state index in [1.807, 2.05) is 4.90 Å². The zero-order chi connectivity index (χ0) is 30.7. The third kappa shape index (κ3) is 4.45. The molecular weight excluding hydrogens is 568 g/mol. The number of nitrogens with one attached hydrogen (secondary N) is 1. The summed E-state index contributed by atoms with van der Waals surface area (Å²) in [7, 11) is 1.28. The van der Waals surface area contributed by atoms with Crippen LogP contribution < -0.4 is 16.2 Å². The molecule has 3 fully saturated rings. The zero-order valence-electron chi connectivity index (χ0n) is 24.0. The first kappa shape index (κ1) is 27.9. The van der Waals surface area contributed by atoms with Crippen molar-refractivity contribution in [3.05, 3.63) is 59.6 Å². The number of methoxy groups -OCH3 is 1. The maximum atomic E-state index is 14.7. The first-order valence-corrected chi connectivity index (χ1v) is 14.6. The van der Waals surface area contributed by atoms with Crippen molar-refractivity contribution in [3.8, 4) is 28.1 Å². The van der Waals surface area contributed by atoms with Crippen LogP contribution >= 0.6 is 0 Å². The number of fused-ring (bicyclic) bond motifs is 3. The van der Waals surface area contributed by atoms with E-state index in [-0.39, 0.29) is 46.8 Å². The summed E-state index contributed by atoms with van der Waals surface area (Å²) < 4.78 is 35.6. The number of carbonyl (C=O) groups excluding carboxylic acids is 1. The average molecular weight is 600 g/mol. The Labute approximate surface area is 251 Å². The number of aliphatic imine (C=N–C) groups is 1. The molecule has 0 spiro atoms. The van der Waals surface area contributed by atoms with Gasteiger partial charge in [0.25, 0.3) is 5.91 Å². The Hall–Kier alpha value is -4.94. The molecule has 7 rings (SSSR count). The Morgan fingerprint density at radius 1 is 1.05 bits per heavy atom. The number of pyridine rings is 1. The lowest BCUT2D eigenvalue weighted by Crippen LogP contribution is -2.50. The van der Waals surface area contributed by atoms with Crippen LogP contribution in [0.3, 0.4) is 0 Å². The molecule has 5 N–H and O–H groups in total. The molecule has 0 radical (unpaired) electrons. The third-order valence-corrected chi connectivity index (χ3v) is 9.13. The van der Waals surface area contributed by atoms with Crippen LogP contribution in [-0.4, -0.2) is 61.8 Å². The number of ether oxygens (including phenoxy) is 1. The van der Waals surface area contributed by atoms with Gasteiger partial charge in [-0.15, -0.1) is 0 Å². The van der Waals surface area contributed by atoms with Gasteiger partial charge in [-0.3, -0.25) is 15.2 Å². The van der Waals surface area contributed by atoms with Gasteiger partial charge in [-0.25, -0.2) is 14.4 Å². The van der Waals surface area contributed by atoms with Crippen LogP contribution in [0.15, 0.2) is 41.7 Å². The summed E-state index contributed by atoms with van der Waals surface area (Å²) in [5, 5.41) is 11.7. The molecule has 3 aromatic heterocycles. The van der Waals surface area contributed by atoms with Crippen LogP contribution in [0.4, 0.5) is 14.6 Å². The number of anilines is 1.